The first kappa shape index (κ1) is 20.3. The number of halogens is 1. The summed E-state index contributed by atoms with van der Waals surface area (Å²) >= 11 is 5.02. The molecule has 0 fully saturated rings. The topological polar surface area (TPSA) is 80.4 Å². The fourth-order valence-corrected chi connectivity index (χ4v) is 3.57. The van der Waals surface area contributed by atoms with Gasteiger partial charge >= 0.3 is 5.97 Å². The second-order valence-corrected chi connectivity index (χ2v) is 7.91. The monoisotopic (exact) mass is 458 g/mol. The van der Waals surface area contributed by atoms with Crippen LogP contribution in [0.25, 0.3) is 0 Å². The largest absolute Gasteiger partial charge is 0.478 e. The molecule has 3 aromatic rings. The number of aromatic nitrogens is 3. The van der Waals surface area contributed by atoms with Crippen LogP contribution in [0.15, 0.2) is 63.3 Å². The molecule has 0 saturated heterocycles. The molecule has 1 heterocycles. The van der Waals surface area contributed by atoms with Gasteiger partial charge in [0.1, 0.15) is 0 Å². The van der Waals surface area contributed by atoms with Gasteiger partial charge in [-0.3, -0.25) is 0 Å². The zero-order valence-electron chi connectivity index (χ0n) is 15.2. The Morgan fingerprint density at radius 3 is 2.54 bits per heavy atom. The van der Waals surface area contributed by atoms with Crippen LogP contribution in [0.2, 0.25) is 0 Å². The lowest BCUT2D eigenvalue weighted by Gasteiger charge is -2.04. The third-order valence-corrected chi connectivity index (χ3v) is 5.43. The van der Waals surface area contributed by atoms with Crippen molar-refractivity contribution in [1.29, 1.82) is 0 Å². The van der Waals surface area contributed by atoms with Gasteiger partial charge in [-0.2, -0.15) is 9.78 Å². The number of hydrogen-bond donors (Lipinski definition) is 1. The molecule has 8 heteroatoms. The lowest BCUT2D eigenvalue weighted by atomic mass is 10.1. The third-order valence-electron chi connectivity index (χ3n) is 3.91. The Balaban J connectivity index is 1.78. The van der Waals surface area contributed by atoms with Crippen molar-refractivity contribution >= 4 is 39.9 Å². The van der Waals surface area contributed by atoms with Crippen molar-refractivity contribution in [2.75, 3.05) is 0 Å². The number of carbonyl (C=O) groups is 1. The van der Waals surface area contributed by atoms with Crippen LogP contribution in [0.4, 0.5) is 0 Å². The van der Waals surface area contributed by atoms with Crippen LogP contribution >= 0.6 is 27.7 Å². The number of thioether (sulfide) groups is 1. The minimum Gasteiger partial charge on any atom is -0.478 e. The summed E-state index contributed by atoms with van der Waals surface area (Å²) in [4.78, 5) is 11.0. The van der Waals surface area contributed by atoms with E-state index in [4.69, 9.17) is 5.11 Å². The van der Waals surface area contributed by atoms with Crippen molar-refractivity contribution in [3.8, 4) is 0 Å². The number of benzene rings is 2. The molecule has 28 heavy (non-hydrogen) atoms. The van der Waals surface area contributed by atoms with Crippen LogP contribution in [0.5, 0.6) is 0 Å². The van der Waals surface area contributed by atoms with E-state index in [1.807, 2.05) is 12.1 Å². The van der Waals surface area contributed by atoms with Crippen molar-refractivity contribution in [2.24, 2.45) is 5.10 Å². The summed E-state index contributed by atoms with van der Waals surface area (Å²) in [6.07, 6.45) is 3.41. The summed E-state index contributed by atoms with van der Waals surface area (Å²) in [7, 11) is 0. The maximum atomic E-state index is 11.0. The van der Waals surface area contributed by atoms with Gasteiger partial charge in [0.2, 0.25) is 5.16 Å². The Labute approximate surface area is 175 Å². The van der Waals surface area contributed by atoms with Gasteiger partial charge in [-0.05, 0) is 41.8 Å². The summed E-state index contributed by atoms with van der Waals surface area (Å²) in [6.45, 7) is 2.09. The van der Waals surface area contributed by atoms with Crippen LogP contribution < -0.4 is 0 Å². The van der Waals surface area contributed by atoms with Gasteiger partial charge in [0.15, 0.2) is 5.82 Å². The second kappa shape index (κ2) is 9.66. The molecule has 0 saturated carbocycles. The normalized spacial score (nSPS) is 11.2. The van der Waals surface area contributed by atoms with Crippen LogP contribution in [0, 0.1) is 0 Å². The SMILES string of the molecule is CCCc1nnc(SCc2ccc(Br)cc2)n1/N=C/c1ccc(C(=O)O)cc1. The van der Waals surface area contributed by atoms with Crippen molar-refractivity contribution in [1.82, 2.24) is 14.9 Å². The van der Waals surface area contributed by atoms with Crippen LogP contribution in [-0.2, 0) is 12.2 Å². The minimum absolute atomic E-state index is 0.249. The summed E-state index contributed by atoms with van der Waals surface area (Å²) in [5.41, 5.74) is 2.25. The number of aromatic carboxylic acids is 1. The molecule has 0 bridgehead atoms. The predicted octanol–water partition coefficient (Wildman–Crippen LogP) is 4.87. The summed E-state index contributed by atoms with van der Waals surface area (Å²) in [6, 6.07) is 14.7. The lowest BCUT2D eigenvalue weighted by Crippen LogP contribution is -2.01. The van der Waals surface area contributed by atoms with E-state index in [0.717, 1.165) is 39.6 Å². The number of aryl methyl sites for hydroxylation is 1. The Morgan fingerprint density at radius 1 is 1.18 bits per heavy atom. The molecule has 6 nitrogen and oxygen atoms in total. The van der Waals surface area contributed by atoms with E-state index >= 15 is 0 Å². The van der Waals surface area contributed by atoms with E-state index in [1.54, 1.807) is 46.9 Å². The fourth-order valence-electron chi connectivity index (χ4n) is 2.45. The first-order valence-electron chi connectivity index (χ1n) is 8.76. The van der Waals surface area contributed by atoms with Gasteiger partial charge in [-0.1, -0.05) is 58.9 Å². The van der Waals surface area contributed by atoms with Gasteiger partial charge in [0, 0.05) is 16.6 Å². The highest BCUT2D eigenvalue weighted by Crippen LogP contribution is 2.23. The molecule has 1 N–H and O–H groups in total. The van der Waals surface area contributed by atoms with Gasteiger partial charge in [-0.25, -0.2) is 4.79 Å². The molecule has 2 aromatic carbocycles. The van der Waals surface area contributed by atoms with E-state index in [0.29, 0.717) is 0 Å². The zero-order valence-corrected chi connectivity index (χ0v) is 17.7. The molecule has 0 unspecified atom stereocenters. The highest BCUT2D eigenvalue weighted by molar-refractivity contribution is 9.10. The smallest absolute Gasteiger partial charge is 0.335 e. The molecular formula is C20H19BrN4O2S. The first-order valence-corrected chi connectivity index (χ1v) is 10.5. The van der Waals surface area contributed by atoms with E-state index in [9.17, 15) is 4.79 Å². The van der Waals surface area contributed by atoms with E-state index in [2.05, 4.69) is 50.3 Å². The first-order chi connectivity index (χ1) is 13.6. The highest BCUT2D eigenvalue weighted by Gasteiger charge is 2.11. The Kier molecular flexibility index (Phi) is 7.00. The van der Waals surface area contributed by atoms with Crippen molar-refractivity contribution in [3.63, 3.8) is 0 Å². The molecule has 0 spiro atoms. The molecule has 1 aromatic heterocycles. The summed E-state index contributed by atoms with van der Waals surface area (Å²) < 4.78 is 2.81. The standard InChI is InChI=1S/C20H19BrN4O2S/c1-2-3-18-23-24-20(28-13-15-6-10-17(21)11-7-15)25(18)22-12-14-4-8-16(9-5-14)19(26)27/h4-12H,2-3,13H2,1H3,(H,26,27)/b22-12+. The van der Waals surface area contributed by atoms with Crippen LogP contribution in [-0.4, -0.2) is 32.2 Å². The van der Waals surface area contributed by atoms with Gasteiger partial charge in [-0.15, -0.1) is 10.2 Å². The molecule has 0 radical (unpaired) electrons. The van der Waals surface area contributed by atoms with Crippen molar-refractivity contribution in [2.45, 2.75) is 30.7 Å². The van der Waals surface area contributed by atoms with Crippen molar-refractivity contribution in [3.05, 3.63) is 75.5 Å². The van der Waals surface area contributed by atoms with Crippen LogP contribution in [0.3, 0.4) is 0 Å². The molecule has 0 aliphatic heterocycles. The fraction of sp³-hybridized carbons (Fsp3) is 0.200. The average molecular weight is 459 g/mol. The van der Waals surface area contributed by atoms with Gasteiger partial charge in [0.05, 0.1) is 11.8 Å². The van der Waals surface area contributed by atoms with Gasteiger partial charge < -0.3 is 5.11 Å². The summed E-state index contributed by atoms with van der Waals surface area (Å²) in [5.74, 6) is 0.624. The maximum Gasteiger partial charge on any atom is 0.335 e. The Hall–Kier alpha value is -2.45. The average Bonchev–Trinajstić information content (AvgIpc) is 3.08. The number of rotatable bonds is 8. The molecule has 0 amide bonds. The lowest BCUT2D eigenvalue weighted by molar-refractivity contribution is 0.0697. The molecule has 0 atom stereocenters. The maximum absolute atomic E-state index is 11.0. The quantitative estimate of drug-likeness (QED) is 0.384. The minimum atomic E-state index is -0.945. The molecule has 0 aliphatic carbocycles. The molecular weight excluding hydrogens is 440 g/mol. The molecule has 3 rings (SSSR count). The van der Waals surface area contributed by atoms with E-state index in [1.165, 1.54) is 5.56 Å². The van der Waals surface area contributed by atoms with Gasteiger partial charge in [0.25, 0.3) is 0 Å². The Morgan fingerprint density at radius 2 is 1.89 bits per heavy atom. The third kappa shape index (κ3) is 5.30. The zero-order chi connectivity index (χ0) is 19.9. The van der Waals surface area contributed by atoms with E-state index in [-0.39, 0.29) is 5.56 Å². The summed E-state index contributed by atoms with van der Waals surface area (Å²) in [5, 5.41) is 22.8. The number of nitrogens with zero attached hydrogens (tertiary/aromatic N) is 4. The number of carboxylic acids is 1. The molecule has 144 valence electrons. The Bertz CT molecular complexity index is 969. The second-order valence-electron chi connectivity index (χ2n) is 6.05. The highest BCUT2D eigenvalue weighted by atomic mass is 79.9. The van der Waals surface area contributed by atoms with Crippen LogP contribution in [0.1, 0.15) is 40.7 Å². The number of carboxylic acid groups (broad SMARTS) is 1. The predicted molar refractivity (Wildman–Crippen MR) is 114 cm³/mol. The molecule has 0 aliphatic rings. The van der Waals surface area contributed by atoms with E-state index < -0.39 is 5.97 Å². The number of hydrogen-bond acceptors (Lipinski definition) is 5. The van der Waals surface area contributed by atoms with Crippen molar-refractivity contribution < 1.29 is 9.90 Å².